The van der Waals surface area contributed by atoms with Gasteiger partial charge in [0.15, 0.2) is 5.11 Å². The number of esters is 1. The molecule has 0 amide bonds. The highest BCUT2D eigenvalue weighted by molar-refractivity contribution is 7.80. The summed E-state index contributed by atoms with van der Waals surface area (Å²) in [5, 5.41) is 9.17. The first kappa shape index (κ1) is 24.4. The molecule has 7 nitrogen and oxygen atoms in total. The van der Waals surface area contributed by atoms with Gasteiger partial charge in [-0.05, 0) is 44.6 Å². The van der Waals surface area contributed by atoms with Crippen LogP contribution >= 0.6 is 23.6 Å². The highest BCUT2D eigenvalue weighted by Crippen LogP contribution is 2.36. The van der Waals surface area contributed by atoms with Gasteiger partial charge in [0, 0.05) is 55.4 Å². The molecule has 1 aliphatic rings. The summed E-state index contributed by atoms with van der Waals surface area (Å²) in [5.41, 5.74) is 4.10. The van der Waals surface area contributed by atoms with Crippen molar-refractivity contribution in [2.24, 2.45) is 0 Å². The zero-order valence-corrected chi connectivity index (χ0v) is 21.5. The average Bonchev–Trinajstić information content (AvgIpc) is 3.43. The minimum Gasteiger partial charge on any atom is -0.462 e. The average molecular weight is 498 g/mol. The Morgan fingerprint density at radius 2 is 1.91 bits per heavy atom. The number of nitrogens with zero attached hydrogens (tertiary/aromatic N) is 4. The van der Waals surface area contributed by atoms with Gasteiger partial charge in [-0.15, -0.1) is 11.3 Å². The Morgan fingerprint density at radius 1 is 1.18 bits per heavy atom. The lowest BCUT2D eigenvalue weighted by atomic mass is 10.1. The normalized spacial score (nSPS) is 14.3. The van der Waals surface area contributed by atoms with Gasteiger partial charge < -0.3 is 15.0 Å². The van der Waals surface area contributed by atoms with E-state index in [0.29, 0.717) is 17.3 Å². The monoisotopic (exact) mass is 497 g/mol. The number of carbonyl (C=O) groups excluding carboxylic acids is 1. The van der Waals surface area contributed by atoms with Gasteiger partial charge in [-0.3, -0.25) is 9.58 Å². The molecule has 1 aliphatic heterocycles. The van der Waals surface area contributed by atoms with E-state index in [1.807, 2.05) is 54.2 Å². The Kier molecular flexibility index (Phi) is 7.97. The Labute approximate surface area is 210 Å². The molecule has 1 N–H and O–H groups in total. The molecule has 180 valence electrons. The van der Waals surface area contributed by atoms with Gasteiger partial charge in [-0.25, -0.2) is 4.79 Å². The molecule has 0 spiro atoms. The number of nitrogens with one attached hydrogen (secondary N) is 1. The summed E-state index contributed by atoms with van der Waals surface area (Å²) in [7, 11) is 0. The number of thiocarbonyl (C=S) groups is 1. The molecule has 0 saturated carbocycles. The third-order valence-electron chi connectivity index (χ3n) is 6.06. The van der Waals surface area contributed by atoms with Crippen LogP contribution in [0.15, 0.2) is 42.6 Å². The summed E-state index contributed by atoms with van der Waals surface area (Å²) in [6.45, 7) is 11.7. The van der Waals surface area contributed by atoms with E-state index >= 15 is 0 Å². The zero-order chi connectivity index (χ0) is 24.1. The van der Waals surface area contributed by atoms with Crippen LogP contribution in [0, 0.1) is 6.92 Å². The molecular formula is C25H31N5O2S2. The second-order valence-corrected chi connectivity index (χ2v) is 9.64. The zero-order valence-electron chi connectivity index (χ0n) is 19.9. The number of aryl methyl sites for hydroxylation is 1. The molecule has 1 fully saturated rings. The van der Waals surface area contributed by atoms with Crippen molar-refractivity contribution >= 4 is 39.6 Å². The Balaban J connectivity index is 1.41. The van der Waals surface area contributed by atoms with Crippen molar-refractivity contribution in [2.75, 3.05) is 38.1 Å². The molecule has 3 aromatic rings. The van der Waals surface area contributed by atoms with Crippen molar-refractivity contribution in [3.63, 3.8) is 0 Å². The van der Waals surface area contributed by atoms with E-state index in [-0.39, 0.29) is 5.97 Å². The van der Waals surface area contributed by atoms with Gasteiger partial charge >= 0.3 is 5.97 Å². The van der Waals surface area contributed by atoms with Gasteiger partial charge in [0.25, 0.3) is 0 Å². The summed E-state index contributed by atoms with van der Waals surface area (Å²) in [6.07, 6.45) is 1.98. The number of ether oxygens (including phenoxy) is 1. The van der Waals surface area contributed by atoms with Crippen LogP contribution in [0.5, 0.6) is 0 Å². The van der Waals surface area contributed by atoms with Gasteiger partial charge in [0.05, 0.1) is 18.4 Å². The van der Waals surface area contributed by atoms with E-state index in [1.54, 1.807) is 0 Å². The van der Waals surface area contributed by atoms with Crippen LogP contribution in [0.4, 0.5) is 5.00 Å². The van der Waals surface area contributed by atoms with Gasteiger partial charge in [-0.2, -0.15) is 5.10 Å². The SMILES string of the molecule is CCOC(=O)c1cc(-c2ccccc2)sc1NC(=S)N1CCN(Cc2cnn(CC)c2C)CC1. The van der Waals surface area contributed by atoms with Crippen LogP contribution < -0.4 is 5.32 Å². The van der Waals surface area contributed by atoms with Crippen LogP contribution in [-0.2, 0) is 17.8 Å². The summed E-state index contributed by atoms with van der Waals surface area (Å²) in [5.74, 6) is -0.334. The highest BCUT2D eigenvalue weighted by atomic mass is 32.1. The molecule has 9 heteroatoms. The lowest BCUT2D eigenvalue weighted by molar-refractivity contribution is 0.0528. The van der Waals surface area contributed by atoms with Gasteiger partial charge in [0.1, 0.15) is 5.00 Å². The van der Waals surface area contributed by atoms with E-state index in [0.717, 1.165) is 54.7 Å². The topological polar surface area (TPSA) is 62.6 Å². The summed E-state index contributed by atoms with van der Waals surface area (Å²) < 4.78 is 7.33. The fraction of sp³-hybridized carbons (Fsp3) is 0.400. The van der Waals surface area contributed by atoms with E-state index in [1.165, 1.54) is 22.6 Å². The first-order valence-electron chi connectivity index (χ1n) is 11.7. The Hall–Kier alpha value is -2.75. The van der Waals surface area contributed by atoms with Crippen molar-refractivity contribution < 1.29 is 9.53 Å². The number of anilines is 1. The van der Waals surface area contributed by atoms with Gasteiger partial charge in [0.2, 0.25) is 0 Å². The minimum absolute atomic E-state index is 0.331. The molecule has 1 saturated heterocycles. The number of rotatable bonds is 7. The smallest absolute Gasteiger partial charge is 0.341 e. The lowest BCUT2D eigenvalue weighted by Crippen LogP contribution is -2.49. The maximum Gasteiger partial charge on any atom is 0.341 e. The summed E-state index contributed by atoms with van der Waals surface area (Å²) in [6, 6.07) is 11.9. The molecule has 3 heterocycles. The fourth-order valence-electron chi connectivity index (χ4n) is 4.07. The van der Waals surface area contributed by atoms with Gasteiger partial charge in [-0.1, -0.05) is 30.3 Å². The van der Waals surface area contributed by atoms with Crippen LogP contribution in [0.25, 0.3) is 10.4 Å². The number of benzene rings is 1. The molecule has 34 heavy (non-hydrogen) atoms. The van der Waals surface area contributed by atoms with Crippen LogP contribution in [0.1, 0.15) is 35.5 Å². The molecule has 0 aliphatic carbocycles. The van der Waals surface area contributed by atoms with Crippen molar-refractivity contribution in [2.45, 2.75) is 33.9 Å². The quantitative estimate of drug-likeness (QED) is 0.377. The van der Waals surface area contributed by atoms with Crippen molar-refractivity contribution in [1.29, 1.82) is 0 Å². The standard InChI is InChI=1S/C25H31N5O2S2/c1-4-30-18(3)20(16-26-30)17-28-11-13-29(14-12-28)25(33)27-23-21(24(31)32-5-2)15-22(34-23)19-9-7-6-8-10-19/h6-10,15-16H,4-5,11-14,17H2,1-3H3,(H,27,33). The number of hydrogen-bond acceptors (Lipinski definition) is 6. The van der Waals surface area contributed by atoms with Crippen LogP contribution in [-0.4, -0.2) is 63.4 Å². The predicted octanol–water partition coefficient (Wildman–Crippen LogP) is 4.63. The second-order valence-electron chi connectivity index (χ2n) is 8.20. The maximum atomic E-state index is 12.6. The number of hydrogen-bond donors (Lipinski definition) is 1. The number of carbonyl (C=O) groups is 1. The molecule has 2 aromatic heterocycles. The number of thiophene rings is 1. The predicted molar refractivity (Wildman–Crippen MR) is 141 cm³/mol. The Bertz CT molecular complexity index is 1130. The van der Waals surface area contributed by atoms with Crippen molar-refractivity contribution in [3.05, 3.63) is 59.4 Å². The van der Waals surface area contributed by atoms with Crippen molar-refractivity contribution in [3.8, 4) is 10.4 Å². The first-order chi connectivity index (χ1) is 16.5. The third kappa shape index (κ3) is 5.48. The molecule has 1 aromatic carbocycles. The first-order valence-corrected chi connectivity index (χ1v) is 12.9. The largest absolute Gasteiger partial charge is 0.462 e. The minimum atomic E-state index is -0.334. The van der Waals surface area contributed by atoms with Crippen LogP contribution in [0.2, 0.25) is 0 Å². The van der Waals surface area contributed by atoms with Crippen molar-refractivity contribution in [1.82, 2.24) is 19.6 Å². The van der Waals surface area contributed by atoms with E-state index in [9.17, 15) is 4.79 Å². The maximum absolute atomic E-state index is 12.6. The molecule has 0 radical (unpaired) electrons. The van der Waals surface area contributed by atoms with E-state index < -0.39 is 0 Å². The number of piperazine rings is 1. The molecule has 0 unspecified atom stereocenters. The van der Waals surface area contributed by atoms with E-state index in [2.05, 4.69) is 34.1 Å². The highest BCUT2D eigenvalue weighted by Gasteiger charge is 2.23. The molecule has 0 bridgehead atoms. The third-order valence-corrected chi connectivity index (χ3v) is 7.52. The second kappa shape index (κ2) is 11.1. The molecule has 4 rings (SSSR count). The number of aromatic nitrogens is 2. The van der Waals surface area contributed by atoms with Crippen LogP contribution in [0.3, 0.4) is 0 Å². The lowest BCUT2D eigenvalue weighted by Gasteiger charge is -2.36. The molecule has 0 atom stereocenters. The fourth-order valence-corrected chi connectivity index (χ4v) is 5.47. The molecular weight excluding hydrogens is 466 g/mol. The summed E-state index contributed by atoms with van der Waals surface area (Å²) >= 11 is 7.26. The van der Waals surface area contributed by atoms with E-state index in [4.69, 9.17) is 17.0 Å². The Morgan fingerprint density at radius 3 is 2.56 bits per heavy atom. The summed E-state index contributed by atoms with van der Waals surface area (Å²) in [4.78, 5) is 18.2.